The minimum Gasteiger partial charge on any atom is -0.380 e. The van der Waals surface area contributed by atoms with Crippen molar-refractivity contribution in [2.75, 3.05) is 5.32 Å². The first-order valence-electron chi connectivity index (χ1n) is 4.97. The van der Waals surface area contributed by atoms with E-state index in [4.69, 9.17) is 0 Å². The van der Waals surface area contributed by atoms with Crippen molar-refractivity contribution in [2.45, 2.75) is 32.2 Å². The molecule has 0 bridgehead atoms. The Morgan fingerprint density at radius 3 is 2.93 bits per heavy atom. The largest absolute Gasteiger partial charge is 0.380 e. The molecule has 1 aromatic carbocycles. The fourth-order valence-corrected chi connectivity index (χ4v) is 1.89. The normalized spacial score (nSPS) is 18.1. The maximum atomic E-state index is 10.6. The summed E-state index contributed by atoms with van der Waals surface area (Å²) >= 11 is 0. The van der Waals surface area contributed by atoms with Gasteiger partial charge in [-0.1, -0.05) is 0 Å². The van der Waals surface area contributed by atoms with Crippen LogP contribution < -0.4 is 5.32 Å². The van der Waals surface area contributed by atoms with E-state index in [1.807, 2.05) is 18.2 Å². The van der Waals surface area contributed by atoms with Crippen LogP contribution >= 0.6 is 0 Å². The number of aldehydes is 1. The van der Waals surface area contributed by atoms with E-state index in [9.17, 15) is 4.79 Å². The smallest absolute Gasteiger partial charge is 0.150 e. The van der Waals surface area contributed by atoms with E-state index in [1.54, 1.807) is 0 Å². The summed E-state index contributed by atoms with van der Waals surface area (Å²) in [6, 6.07) is 5.84. The number of fused-ring (bicyclic) bond motifs is 1. The van der Waals surface area contributed by atoms with E-state index in [-0.39, 0.29) is 5.54 Å². The number of hydrogen-bond donors (Lipinski definition) is 1. The van der Waals surface area contributed by atoms with Gasteiger partial charge in [0.05, 0.1) is 0 Å². The van der Waals surface area contributed by atoms with E-state index in [2.05, 4.69) is 19.2 Å². The van der Waals surface area contributed by atoms with E-state index in [0.717, 1.165) is 24.7 Å². The van der Waals surface area contributed by atoms with Gasteiger partial charge in [-0.25, -0.2) is 0 Å². The third-order valence-electron chi connectivity index (χ3n) is 2.76. The maximum Gasteiger partial charge on any atom is 0.150 e. The Hall–Kier alpha value is -1.31. The molecule has 0 saturated heterocycles. The molecule has 0 aromatic heterocycles. The Morgan fingerprint density at radius 2 is 2.21 bits per heavy atom. The van der Waals surface area contributed by atoms with E-state index in [1.165, 1.54) is 11.3 Å². The topological polar surface area (TPSA) is 29.1 Å². The predicted molar refractivity (Wildman–Crippen MR) is 57.9 cm³/mol. The summed E-state index contributed by atoms with van der Waals surface area (Å²) in [5.74, 6) is 0. The predicted octanol–water partition coefficient (Wildman–Crippen LogP) is 2.64. The molecular weight excluding hydrogens is 174 g/mol. The van der Waals surface area contributed by atoms with Gasteiger partial charge in [-0.3, -0.25) is 4.79 Å². The van der Waals surface area contributed by atoms with Gasteiger partial charge in [0.25, 0.3) is 0 Å². The van der Waals surface area contributed by atoms with Gasteiger partial charge < -0.3 is 5.32 Å². The molecule has 0 unspecified atom stereocenters. The molecule has 1 aliphatic heterocycles. The van der Waals surface area contributed by atoms with Crippen LogP contribution in [-0.2, 0) is 6.42 Å². The van der Waals surface area contributed by atoms with Crippen molar-refractivity contribution in [3.63, 3.8) is 0 Å². The SMILES string of the molecule is CC1(C)CCc2cc(C=O)ccc2N1. The first-order chi connectivity index (χ1) is 6.61. The summed E-state index contributed by atoms with van der Waals surface area (Å²) in [5.41, 5.74) is 3.38. The second-order valence-electron chi connectivity index (χ2n) is 4.54. The number of anilines is 1. The summed E-state index contributed by atoms with van der Waals surface area (Å²) in [7, 11) is 0. The molecule has 0 radical (unpaired) electrons. The molecule has 74 valence electrons. The van der Waals surface area contributed by atoms with E-state index < -0.39 is 0 Å². The minimum atomic E-state index is 0.176. The van der Waals surface area contributed by atoms with Gasteiger partial charge in [0.2, 0.25) is 0 Å². The summed E-state index contributed by atoms with van der Waals surface area (Å²) in [5, 5.41) is 3.47. The average molecular weight is 189 g/mol. The lowest BCUT2D eigenvalue weighted by molar-refractivity contribution is 0.112. The van der Waals surface area contributed by atoms with Crippen LogP contribution in [-0.4, -0.2) is 11.8 Å². The molecule has 0 spiro atoms. The number of rotatable bonds is 1. The second-order valence-corrected chi connectivity index (χ2v) is 4.54. The fraction of sp³-hybridized carbons (Fsp3) is 0.417. The Morgan fingerprint density at radius 1 is 1.43 bits per heavy atom. The summed E-state index contributed by atoms with van der Waals surface area (Å²) in [6.45, 7) is 4.40. The zero-order valence-corrected chi connectivity index (χ0v) is 8.63. The molecular formula is C12H15NO. The van der Waals surface area contributed by atoms with E-state index >= 15 is 0 Å². The number of hydrogen-bond acceptors (Lipinski definition) is 2. The van der Waals surface area contributed by atoms with Gasteiger partial charge in [-0.2, -0.15) is 0 Å². The van der Waals surface area contributed by atoms with Gasteiger partial charge in [-0.15, -0.1) is 0 Å². The van der Waals surface area contributed by atoms with Crippen LogP contribution in [0.25, 0.3) is 0 Å². The summed E-state index contributed by atoms with van der Waals surface area (Å²) in [4.78, 5) is 10.6. The lowest BCUT2D eigenvalue weighted by Gasteiger charge is -2.33. The average Bonchev–Trinajstić information content (AvgIpc) is 2.16. The van der Waals surface area contributed by atoms with Gasteiger partial charge in [0.15, 0.2) is 0 Å². The molecule has 2 heteroatoms. The monoisotopic (exact) mass is 189 g/mol. The highest BCUT2D eigenvalue weighted by atomic mass is 16.1. The Labute approximate surface area is 84.3 Å². The summed E-state index contributed by atoms with van der Waals surface area (Å²) < 4.78 is 0. The van der Waals surface area contributed by atoms with Crippen molar-refractivity contribution < 1.29 is 4.79 Å². The molecule has 0 aliphatic carbocycles. The molecule has 0 atom stereocenters. The molecule has 0 amide bonds. The number of benzene rings is 1. The lowest BCUT2D eigenvalue weighted by Crippen LogP contribution is -2.35. The Balaban J connectivity index is 2.37. The molecule has 0 saturated carbocycles. The minimum absolute atomic E-state index is 0.176. The van der Waals surface area contributed by atoms with Crippen LogP contribution in [0.1, 0.15) is 36.2 Å². The van der Waals surface area contributed by atoms with Crippen LogP contribution in [0.5, 0.6) is 0 Å². The van der Waals surface area contributed by atoms with Crippen LogP contribution in [0.15, 0.2) is 18.2 Å². The molecule has 14 heavy (non-hydrogen) atoms. The summed E-state index contributed by atoms with van der Waals surface area (Å²) in [6.07, 6.45) is 3.07. The number of carbonyl (C=O) groups is 1. The first kappa shape index (κ1) is 9.25. The van der Waals surface area contributed by atoms with Crippen molar-refractivity contribution >= 4 is 12.0 Å². The molecule has 0 fully saturated rings. The van der Waals surface area contributed by atoms with Crippen LogP contribution in [0.3, 0.4) is 0 Å². The standard InChI is InChI=1S/C12H15NO/c1-12(2)6-5-10-7-9(8-14)3-4-11(10)13-12/h3-4,7-8,13H,5-6H2,1-2H3. The van der Waals surface area contributed by atoms with Crippen molar-refractivity contribution in [1.29, 1.82) is 0 Å². The lowest BCUT2D eigenvalue weighted by atomic mass is 9.89. The quantitative estimate of drug-likeness (QED) is 0.688. The van der Waals surface area contributed by atoms with Gasteiger partial charge in [0.1, 0.15) is 6.29 Å². The fourth-order valence-electron chi connectivity index (χ4n) is 1.89. The zero-order chi connectivity index (χ0) is 10.2. The molecule has 2 nitrogen and oxygen atoms in total. The van der Waals surface area contributed by atoms with Crippen LogP contribution in [0.4, 0.5) is 5.69 Å². The Bertz CT molecular complexity index is 369. The van der Waals surface area contributed by atoms with Crippen LogP contribution in [0.2, 0.25) is 0 Å². The molecule has 2 rings (SSSR count). The number of nitrogens with one attached hydrogen (secondary N) is 1. The third-order valence-corrected chi connectivity index (χ3v) is 2.76. The van der Waals surface area contributed by atoms with Crippen LogP contribution in [0, 0.1) is 0 Å². The molecule has 1 aromatic rings. The second kappa shape index (κ2) is 3.12. The van der Waals surface area contributed by atoms with Gasteiger partial charge in [0, 0.05) is 16.8 Å². The molecule has 1 N–H and O–H groups in total. The molecule has 1 heterocycles. The van der Waals surface area contributed by atoms with E-state index in [0.29, 0.717) is 0 Å². The van der Waals surface area contributed by atoms with Crippen molar-refractivity contribution in [3.8, 4) is 0 Å². The number of carbonyl (C=O) groups excluding carboxylic acids is 1. The van der Waals surface area contributed by atoms with Crippen molar-refractivity contribution in [3.05, 3.63) is 29.3 Å². The van der Waals surface area contributed by atoms with Crippen molar-refractivity contribution in [2.24, 2.45) is 0 Å². The Kier molecular flexibility index (Phi) is 2.06. The zero-order valence-electron chi connectivity index (χ0n) is 8.63. The van der Waals surface area contributed by atoms with Crippen molar-refractivity contribution in [1.82, 2.24) is 0 Å². The highest BCUT2D eigenvalue weighted by molar-refractivity contribution is 5.77. The third kappa shape index (κ3) is 1.65. The number of aryl methyl sites for hydroxylation is 1. The van der Waals surface area contributed by atoms with Gasteiger partial charge >= 0.3 is 0 Å². The molecule has 1 aliphatic rings. The van der Waals surface area contributed by atoms with Gasteiger partial charge in [-0.05, 0) is 50.5 Å². The highest BCUT2D eigenvalue weighted by Crippen LogP contribution is 2.30. The highest BCUT2D eigenvalue weighted by Gasteiger charge is 2.23. The maximum absolute atomic E-state index is 10.6. The first-order valence-corrected chi connectivity index (χ1v) is 4.97.